The molecule has 0 radical (unpaired) electrons. The molecule has 0 saturated heterocycles. The fourth-order valence-corrected chi connectivity index (χ4v) is 2.91. The van der Waals surface area contributed by atoms with Gasteiger partial charge >= 0.3 is 11.9 Å². The highest BCUT2D eigenvalue weighted by molar-refractivity contribution is 6.13. The van der Waals surface area contributed by atoms with Crippen LogP contribution in [0.2, 0.25) is 0 Å². The monoisotopic (exact) mass is 488 g/mol. The van der Waals surface area contributed by atoms with E-state index in [0.29, 0.717) is 12.2 Å². The van der Waals surface area contributed by atoms with Gasteiger partial charge in [0.2, 0.25) is 5.95 Å². The minimum atomic E-state index is -1.29. The number of aromatic carboxylic acids is 1. The van der Waals surface area contributed by atoms with E-state index in [4.69, 9.17) is 28.4 Å². The Hall–Kier alpha value is -4.56. The Bertz CT molecular complexity index is 1460. The quantitative estimate of drug-likeness (QED) is 0.138. The normalized spacial score (nSPS) is 10.5. The van der Waals surface area contributed by atoms with Crippen LogP contribution >= 0.6 is 11.8 Å². The van der Waals surface area contributed by atoms with Gasteiger partial charge in [0.25, 0.3) is 16.6 Å². The van der Waals surface area contributed by atoms with E-state index in [2.05, 4.69) is 30.0 Å². The number of nitrogen functional groups attached to an aromatic ring is 2. The maximum Gasteiger partial charge on any atom is 0.356 e. The first-order valence-electron chi connectivity index (χ1n) is 9.29. The lowest BCUT2D eigenvalue weighted by atomic mass is 10.1. The van der Waals surface area contributed by atoms with Crippen LogP contribution < -0.4 is 32.5 Å². The van der Waals surface area contributed by atoms with Crippen LogP contribution in [0, 0.1) is 0 Å². The molecular formula is C19H17ClN8O6. The number of aromatic nitrogens is 4. The smallest absolute Gasteiger partial charge is 0.356 e. The summed E-state index contributed by atoms with van der Waals surface area (Å²) < 4.78 is 5.52. The van der Waals surface area contributed by atoms with Crippen molar-refractivity contribution in [1.29, 1.82) is 0 Å². The topological polar surface area (TPSA) is 217 Å². The highest BCUT2D eigenvalue weighted by Gasteiger charge is 2.19. The number of nitrogens with one attached hydrogen (secondary N) is 2. The number of rotatable bonds is 6. The molecular weight excluding hydrogens is 472 g/mol. The summed E-state index contributed by atoms with van der Waals surface area (Å²) in [5, 5.41) is 15.4. The average molecular weight is 489 g/mol. The molecule has 0 aliphatic carbocycles. The summed E-state index contributed by atoms with van der Waals surface area (Å²) in [7, 11) is 1.16. The van der Waals surface area contributed by atoms with E-state index in [0.717, 1.165) is 23.3 Å². The van der Waals surface area contributed by atoms with Crippen LogP contribution in [0.4, 0.5) is 23.0 Å². The number of carbonyl (C=O) groups is 2. The number of carboxylic acid groups (broad SMARTS) is 1. The Balaban J connectivity index is 0.000000191. The summed E-state index contributed by atoms with van der Waals surface area (Å²) in [6.07, 6.45) is 0. The van der Waals surface area contributed by atoms with Crippen molar-refractivity contribution in [3.63, 3.8) is 0 Å². The number of anilines is 4. The molecule has 4 rings (SSSR count). The van der Waals surface area contributed by atoms with Crippen molar-refractivity contribution < 1.29 is 19.4 Å². The van der Waals surface area contributed by atoms with Crippen LogP contribution in [0.25, 0.3) is 5.78 Å². The zero-order valence-electron chi connectivity index (χ0n) is 17.4. The second-order valence-electron chi connectivity index (χ2n) is 6.59. The standard InChI is InChI=1S/C11H10ClN3O2.C8H7N5O4/c12-14-5-6-2-1-3-7(4-6)15-9-8(13)10(16)11(9)17;1-17-6(16)4-2-3(5(14)15)10-8-11-7(9)12-13(4)8/h1-4,14-15H,5,13H2;2H,1H3,(H2,9,12)(H,14,15). The molecule has 0 bridgehead atoms. The van der Waals surface area contributed by atoms with Gasteiger partial charge in [-0.15, -0.1) is 5.10 Å². The maximum atomic E-state index is 11.4. The van der Waals surface area contributed by atoms with E-state index in [-0.39, 0.29) is 34.5 Å². The third-order valence-corrected chi connectivity index (χ3v) is 4.49. The number of esters is 1. The van der Waals surface area contributed by atoms with Gasteiger partial charge in [-0.3, -0.25) is 9.59 Å². The molecule has 2 heterocycles. The molecule has 15 heteroatoms. The first-order valence-corrected chi connectivity index (χ1v) is 9.67. The lowest BCUT2D eigenvalue weighted by Crippen LogP contribution is -2.36. The predicted octanol–water partition coefficient (Wildman–Crippen LogP) is 0.0431. The van der Waals surface area contributed by atoms with E-state index in [1.807, 2.05) is 18.2 Å². The van der Waals surface area contributed by atoms with Crippen LogP contribution in [0.15, 0.2) is 39.9 Å². The van der Waals surface area contributed by atoms with Crippen LogP contribution in [-0.2, 0) is 11.3 Å². The van der Waals surface area contributed by atoms with Crippen molar-refractivity contribution in [3.05, 3.63) is 67.7 Å². The van der Waals surface area contributed by atoms with Gasteiger partial charge in [-0.2, -0.15) is 9.50 Å². The van der Waals surface area contributed by atoms with Crippen LogP contribution in [0.1, 0.15) is 26.5 Å². The van der Waals surface area contributed by atoms with Crippen LogP contribution in [-0.4, -0.2) is 43.7 Å². The molecule has 2 aromatic heterocycles. The number of carboxylic acids is 1. The first kappa shape index (κ1) is 24.1. The van der Waals surface area contributed by atoms with Gasteiger partial charge in [0.05, 0.1) is 7.11 Å². The molecule has 2 aromatic carbocycles. The lowest BCUT2D eigenvalue weighted by molar-refractivity contribution is 0.0590. The Kier molecular flexibility index (Phi) is 7.04. The molecule has 176 valence electrons. The van der Waals surface area contributed by atoms with Gasteiger partial charge in [-0.1, -0.05) is 12.1 Å². The Labute approximate surface area is 194 Å². The summed E-state index contributed by atoms with van der Waals surface area (Å²) >= 11 is 5.40. The van der Waals surface area contributed by atoms with E-state index in [1.54, 1.807) is 6.07 Å². The third kappa shape index (κ3) is 4.92. The minimum Gasteiger partial charge on any atom is -0.477 e. The molecule has 0 aliphatic rings. The van der Waals surface area contributed by atoms with Crippen molar-refractivity contribution in [1.82, 2.24) is 24.4 Å². The van der Waals surface area contributed by atoms with E-state index in [1.165, 1.54) is 0 Å². The maximum absolute atomic E-state index is 11.4. The van der Waals surface area contributed by atoms with Gasteiger partial charge in [0.15, 0.2) is 11.4 Å². The number of carbonyl (C=O) groups excluding carboxylic acids is 1. The largest absolute Gasteiger partial charge is 0.477 e. The number of hydrogen-bond donors (Lipinski definition) is 5. The SMILES string of the molecule is COC(=O)c1cc(C(=O)O)nc2nc(N)nn12.Nc1c(Nc2cccc(CNCl)c2)c(=O)c1=O. The molecule has 7 N–H and O–H groups in total. The summed E-state index contributed by atoms with van der Waals surface area (Å²) in [4.78, 5) is 54.2. The molecule has 34 heavy (non-hydrogen) atoms. The molecule has 0 amide bonds. The van der Waals surface area contributed by atoms with Gasteiger partial charge in [0, 0.05) is 18.3 Å². The Morgan fingerprint density at radius 1 is 1.18 bits per heavy atom. The second kappa shape index (κ2) is 9.93. The third-order valence-electron chi connectivity index (χ3n) is 4.36. The number of nitrogens with two attached hydrogens (primary N) is 2. The van der Waals surface area contributed by atoms with Crippen LogP contribution in [0.3, 0.4) is 0 Å². The molecule has 0 unspecified atom stereocenters. The van der Waals surface area contributed by atoms with Crippen molar-refractivity contribution in [2.45, 2.75) is 6.54 Å². The molecule has 14 nitrogen and oxygen atoms in total. The van der Waals surface area contributed by atoms with Gasteiger partial charge in [-0.25, -0.2) is 19.4 Å². The van der Waals surface area contributed by atoms with Gasteiger partial charge in [0.1, 0.15) is 11.4 Å². The van der Waals surface area contributed by atoms with Crippen molar-refractivity contribution in [3.8, 4) is 0 Å². The summed E-state index contributed by atoms with van der Waals surface area (Å²) in [6.45, 7) is 0.498. The summed E-state index contributed by atoms with van der Waals surface area (Å²) in [5.41, 5.74) is 10.9. The number of benzene rings is 1. The van der Waals surface area contributed by atoms with Crippen LogP contribution in [0.5, 0.6) is 0 Å². The average Bonchev–Trinajstić information content (AvgIpc) is 3.21. The predicted molar refractivity (Wildman–Crippen MR) is 122 cm³/mol. The zero-order chi connectivity index (χ0) is 25.0. The van der Waals surface area contributed by atoms with Gasteiger partial charge < -0.3 is 26.6 Å². The van der Waals surface area contributed by atoms with E-state index >= 15 is 0 Å². The lowest BCUT2D eigenvalue weighted by Gasteiger charge is -2.10. The minimum absolute atomic E-state index is 0.0177. The Morgan fingerprint density at radius 2 is 1.91 bits per heavy atom. The molecule has 0 aliphatic heterocycles. The first-order chi connectivity index (χ1) is 16.2. The summed E-state index contributed by atoms with van der Waals surface area (Å²) in [5.74, 6) is -2.25. The molecule has 4 aromatic rings. The number of ether oxygens (including phenoxy) is 1. The van der Waals surface area contributed by atoms with Crippen molar-refractivity contribution in [2.24, 2.45) is 0 Å². The molecule has 0 atom stereocenters. The number of hydrogen-bond acceptors (Lipinski definition) is 12. The summed E-state index contributed by atoms with van der Waals surface area (Å²) in [6, 6.07) is 8.31. The molecule has 0 saturated carbocycles. The highest BCUT2D eigenvalue weighted by Crippen LogP contribution is 2.19. The second-order valence-corrected chi connectivity index (χ2v) is 6.86. The fraction of sp³-hybridized carbons (Fsp3) is 0.105. The van der Waals surface area contributed by atoms with E-state index < -0.39 is 22.8 Å². The number of methoxy groups -OCH3 is 1. The number of halogens is 1. The number of nitrogens with zero attached hydrogens (tertiary/aromatic N) is 4. The zero-order valence-corrected chi connectivity index (χ0v) is 18.2. The fourth-order valence-electron chi connectivity index (χ4n) is 2.76. The van der Waals surface area contributed by atoms with Gasteiger partial charge in [-0.05, 0) is 29.5 Å². The van der Waals surface area contributed by atoms with Crippen molar-refractivity contribution in [2.75, 3.05) is 23.9 Å². The molecule has 0 fully saturated rings. The van der Waals surface area contributed by atoms with Crippen molar-refractivity contribution >= 4 is 52.5 Å². The number of fused-ring (bicyclic) bond motifs is 1. The Morgan fingerprint density at radius 3 is 2.53 bits per heavy atom. The molecule has 0 spiro atoms. The highest BCUT2D eigenvalue weighted by atomic mass is 35.5. The van der Waals surface area contributed by atoms with E-state index in [9.17, 15) is 19.2 Å².